The van der Waals surface area contributed by atoms with Crippen molar-refractivity contribution in [3.8, 4) is 0 Å². The van der Waals surface area contributed by atoms with Gasteiger partial charge in [-0.2, -0.15) is 10.2 Å². The molecule has 0 heterocycles. The molecule has 0 spiro atoms. The number of anilines is 2. The molecule has 0 radical (unpaired) electrons. The molecule has 2 N–H and O–H groups in total. The van der Waals surface area contributed by atoms with E-state index in [1.165, 1.54) is 0 Å². The molecule has 0 aliphatic carbocycles. The Bertz CT molecular complexity index is 520. The summed E-state index contributed by atoms with van der Waals surface area (Å²) in [7, 11) is 3.75. The highest BCUT2D eigenvalue weighted by molar-refractivity contribution is 5.81. The lowest BCUT2D eigenvalue weighted by Gasteiger charge is -2.16. The van der Waals surface area contributed by atoms with Gasteiger partial charge in [-0.15, -0.1) is 0 Å². The van der Waals surface area contributed by atoms with Crippen LogP contribution in [-0.4, -0.2) is 20.3 Å². The van der Waals surface area contributed by atoms with Gasteiger partial charge in [0.2, 0.25) is 0 Å². The van der Waals surface area contributed by atoms with Crippen molar-refractivity contribution in [3.05, 3.63) is 60.2 Å². The van der Waals surface area contributed by atoms with Crippen molar-refractivity contribution in [2.24, 2.45) is 5.10 Å². The van der Waals surface area contributed by atoms with Crippen LogP contribution in [0.25, 0.3) is 0 Å². The van der Waals surface area contributed by atoms with Crippen molar-refractivity contribution < 1.29 is 0 Å². The van der Waals surface area contributed by atoms with Gasteiger partial charge in [0.15, 0.2) is 0 Å². The second kappa shape index (κ2) is 6.56. The maximum Gasteiger partial charge on any atom is 0.0778 e. The molecule has 19 heavy (non-hydrogen) atoms. The minimum Gasteiger partial charge on any atom is -0.388 e. The molecule has 98 valence electrons. The zero-order valence-corrected chi connectivity index (χ0v) is 11.2. The Morgan fingerprint density at radius 1 is 0.947 bits per heavy atom. The normalized spacial score (nSPS) is 10.6. The average molecular weight is 254 g/mol. The molecule has 0 saturated heterocycles. The van der Waals surface area contributed by atoms with Crippen LogP contribution >= 0.6 is 0 Å². The summed E-state index contributed by atoms with van der Waals surface area (Å²) in [6, 6.07) is 18.0. The molecule has 4 heteroatoms. The van der Waals surface area contributed by atoms with Gasteiger partial charge in [-0.1, -0.05) is 30.3 Å². The number of hydrogen-bond acceptors (Lipinski definition) is 4. The van der Waals surface area contributed by atoms with Crippen LogP contribution in [0.15, 0.2) is 59.7 Å². The lowest BCUT2D eigenvalue weighted by molar-refractivity contribution is 0.742. The first-order valence-corrected chi connectivity index (χ1v) is 6.18. The van der Waals surface area contributed by atoms with E-state index in [0.29, 0.717) is 0 Å². The third-order valence-electron chi connectivity index (χ3n) is 2.73. The average Bonchev–Trinajstić information content (AvgIpc) is 2.49. The summed E-state index contributed by atoms with van der Waals surface area (Å²) in [5.41, 5.74) is 6.17. The van der Waals surface area contributed by atoms with Gasteiger partial charge in [-0.25, -0.2) is 5.43 Å². The van der Waals surface area contributed by atoms with Gasteiger partial charge in [0.05, 0.1) is 11.9 Å². The summed E-state index contributed by atoms with van der Waals surface area (Å²) in [5, 5.41) is 9.23. The van der Waals surface area contributed by atoms with Crippen LogP contribution in [0.2, 0.25) is 0 Å². The molecule has 0 saturated carbocycles. The lowest BCUT2D eigenvalue weighted by Crippen LogP contribution is -2.29. The predicted molar refractivity (Wildman–Crippen MR) is 81.6 cm³/mol. The van der Waals surface area contributed by atoms with E-state index in [-0.39, 0.29) is 0 Å². The van der Waals surface area contributed by atoms with Crippen LogP contribution in [-0.2, 0) is 0 Å². The molecule has 0 aliphatic heterocycles. The second-order valence-electron chi connectivity index (χ2n) is 3.99. The fourth-order valence-corrected chi connectivity index (χ4v) is 1.68. The number of nitrogens with one attached hydrogen (secondary N) is 2. The Morgan fingerprint density at radius 2 is 1.63 bits per heavy atom. The summed E-state index contributed by atoms with van der Waals surface area (Å²) in [6.45, 7) is 0. The molecular formula is C15H18N4. The fraction of sp³-hybridized carbons (Fsp3) is 0.133. The summed E-state index contributed by atoms with van der Waals surface area (Å²) >= 11 is 0. The SMILES string of the molecule is CNc1ccc(C=NN(NC)c2ccccc2)cc1. The van der Waals surface area contributed by atoms with E-state index in [1.54, 1.807) is 5.12 Å². The van der Waals surface area contributed by atoms with Crippen molar-refractivity contribution in [2.75, 3.05) is 24.5 Å². The number of rotatable bonds is 5. The van der Waals surface area contributed by atoms with Gasteiger partial charge < -0.3 is 5.32 Å². The first-order valence-electron chi connectivity index (χ1n) is 6.18. The van der Waals surface area contributed by atoms with Crippen LogP contribution in [0, 0.1) is 0 Å². The first kappa shape index (κ1) is 13.1. The Labute approximate surface area is 113 Å². The number of para-hydroxylation sites is 1. The Hall–Kier alpha value is -2.33. The maximum absolute atomic E-state index is 4.41. The van der Waals surface area contributed by atoms with Crippen molar-refractivity contribution in [1.82, 2.24) is 5.43 Å². The van der Waals surface area contributed by atoms with E-state index in [9.17, 15) is 0 Å². The number of hydrogen-bond donors (Lipinski definition) is 2. The number of hydrazone groups is 1. The standard InChI is InChI=1S/C15H18N4/c1-16-14-10-8-13(9-11-14)12-18-19(17-2)15-6-4-3-5-7-15/h3-12,16-17H,1-2H3. The van der Waals surface area contributed by atoms with Crippen molar-refractivity contribution in [3.63, 3.8) is 0 Å². The van der Waals surface area contributed by atoms with E-state index in [2.05, 4.69) is 15.8 Å². The van der Waals surface area contributed by atoms with Crippen LogP contribution in [0.1, 0.15) is 5.56 Å². The molecule has 0 bridgehead atoms. The summed E-state index contributed by atoms with van der Waals surface area (Å²) in [4.78, 5) is 0. The van der Waals surface area contributed by atoms with Crippen LogP contribution in [0.5, 0.6) is 0 Å². The molecule has 2 rings (SSSR count). The van der Waals surface area contributed by atoms with Gasteiger partial charge in [-0.3, -0.25) is 0 Å². The van der Waals surface area contributed by atoms with E-state index in [4.69, 9.17) is 0 Å². The minimum absolute atomic E-state index is 0.994. The molecular weight excluding hydrogens is 236 g/mol. The minimum atomic E-state index is 0.994. The first-order chi connectivity index (χ1) is 9.33. The van der Waals surface area contributed by atoms with E-state index in [0.717, 1.165) is 16.9 Å². The maximum atomic E-state index is 4.41. The zero-order chi connectivity index (χ0) is 13.5. The second-order valence-corrected chi connectivity index (χ2v) is 3.99. The van der Waals surface area contributed by atoms with E-state index >= 15 is 0 Å². The topological polar surface area (TPSA) is 39.7 Å². The summed E-state index contributed by atoms with van der Waals surface area (Å²) in [6.07, 6.45) is 1.82. The molecule has 0 unspecified atom stereocenters. The van der Waals surface area contributed by atoms with Crippen LogP contribution in [0.4, 0.5) is 11.4 Å². The number of hydrazine groups is 1. The Kier molecular flexibility index (Phi) is 4.53. The highest BCUT2D eigenvalue weighted by Crippen LogP contribution is 2.11. The fourth-order valence-electron chi connectivity index (χ4n) is 1.68. The molecule has 2 aromatic carbocycles. The predicted octanol–water partition coefficient (Wildman–Crippen LogP) is 2.70. The largest absolute Gasteiger partial charge is 0.388 e. The highest BCUT2D eigenvalue weighted by atomic mass is 15.7. The van der Waals surface area contributed by atoms with Crippen LogP contribution in [0.3, 0.4) is 0 Å². The monoisotopic (exact) mass is 254 g/mol. The Morgan fingerprint density at radius 3 is 2.21 bits per heavy atom. The van der Waals surface area contributed by atoms with Gasteiger partial charge in [0.25, 0.3) is 0 Å². The zero-order valence-electron chi connectivity index (χ0n) is 11.2. The van der Waals surface area contributed by atoms with Gasteiger partial charge in [-0.05, 0) is 29.8 Å². The van der Waals surface area contributed by atoms with Crippen LogP contribution < -0.4 is 15.9 Å². The van der Waals surface area contributed by atoms with Crippen molar-refractivity contribution >= 4 is 17.6 Å². The van der Waals surface area contributed by atoms with E-state index in [1.807, 2.05) is 74.9 Å². The smallest absolute Gasteiger partial charge is 0.0778 e. The summed E-state index contributed by atoms with van der Waals surface area (Å²) in [5.74, 6) is 0. The number of benzene rings is 2. The third-order valence-corrected chi connectivity index (χ3v) is 2.73. The molecule has 0 amide bonds. The molecule has 2 aromatic rings. The third kappa shape index (κ3) is 3.56. The quantitative estimate of drug-likeness (QED) is 0.636. The molecule has 0 fully saturated rings. The highest BCUT2D eigenvalue weighted by Gasteiger charge is 1.99. The van der Waals surface area contributed by atoms with Crippen molar-refractivity contribution in [2.45, 2.75) is 0 Å². The summed E-state index contributed by atoms with van der Waals surface area (Å²) < 4.78 is 0. The molecule has 0 aromatic heterocycles. The van der Waals surface area contributed by atoms with Gasteiger partial charge >= 0.3 is 0 Å². The number of nitrogens with zero attached hydrogens (tertiary/aromatic N) is 2. The Balaban J connectivity index is 2.11. The molecule has 0 atom stereocenters. The van der Waals surface area contributed by atoms with Gasteiger partial charge in [0, 0.05) is 19.8 Å². The molecule has 0 aliphatic rings. The molecule has 4 nitrogen and oxygen atoms in total. The van der Waals surface area contributed by atoms with E-state index < -0.39 is 0 Å². The van der Waals surface area contributed by atoms with Gasteiger partial charge in [0.1, 0.15) is 0 Å². The lowest BCUT2D eigenvalue weighted by atomic mass is 10.2. The van der Waals surface area contributed by atoms with Crippen molar-refractivity contribution in [1.29, 1.82) is 0 Å².